The van der Waals surface area contributed by atoms with Crippen LogP contribution in [-0.2, 0) is 16.0 Å². The van der Waals surface area contributed by atoms with Crippen molar-refractivity contribution in [2.24, 2.45) is 5.92 Å². The van der Waals surface area contributed by atoms with Crippen LogP contribution < -0.4 is 0 Å². The Kier molecular flexibility index (Phi) is 6.63. The quantitative estimate of drug-likeness (QED) is 0.540. The Balaban J connectivity index is 1.44. The lowest BCUT2D eigenvalue weighted by atomic mass is 9.97. The topological polar surface area (TPSA) is 76.8 Å². The van der Waals surface area contributed by atoms with Gasteiger partial charge in [-0.2, -0.15) is 0 Å². The maximum Gasteiger partial charge on any atom is 0.309 e. The van der Waals surface area contributed by atoms with Crippen molar-refractivity contribution in [2.75, 3.05) is 19.7 Å². The third-order valence-corrected chi connectivity index (χ3v) is 5.01. The largest absolute Gasteiger partial charge is 0.459 e. The first-order valence-corrected chi connectivity index (χ1v) is 9.70. The average molecular weight is 383 g/mol. The van der Waals surface area contributed by atoms with Crippen LogP contribution in [-0.4, -0.2) is 42.3 Å². The molecule has 0 aliphatic carbocycles. The van der Waals surface area contributed by atoms with Crippen molar-refractivity contribution in [1.82, 2.24) is 4.90 Å². The Morgan fingerprint density at radius 2 is 1.82 bits per heavy atom. The van der Waals surface area contributed by atoms with Crippen molar-refractivity contribution in [1.29, 1.82) is 0 Å². The number of benzene rings is 1. The van der Waals surface area contributed by atoms with Crippen LogP contribution >= 0.6 is 0 Å². The lowest BCUT2D eigenvalue weighted by Crippen LogP contribution is -2.40. The van der Waals surface area contributed by atoms with Crippen molar-refractivity contribution in [3.8, 4) is 0 Å². The van der Waals surface area contributed by atoms with Gasteiger partial charge in [0.2, 0.25) is 0 Å². The summed E-state index contributed by atoms with van der Waals surface area (Å²) in [6.07, 6.45) is 4.53. The van der Waals surface area contributed by atoms with Gasteiger partial charge in [0.25, 0.3) is 5.91 Å². The van der Waals surface area contributed by atoms with E-state index in [1.165, 1.54) is 11.8 Å². The van der Waals surface area contributed by atoms with Gasteiger partial charge in [-0.05, 0) is 37.0 Å². The molecule has 0 N–H and O–H groups in total. The minimum absolute atomic E-state index is 0.168. The van der Waals surface area contributed by atoms with Gasteiger partial charge in [-0.3, -0.25) is 14.4 Å². The zero-order valence-electron chi connectivity index (χ0n) is 16.1. The molecule has 1 amide bonds. The zero-order chi connectivity index (χ0) is 19.9. The molecule has 148 valence electrons. The maximum atomic E-state index is 12.3. The molecule has 0 unspecified atom stereocenters. The monoisotopic (exact) mass is 383 g/mol. The fourth-order valence-corrected chi connectivity index (χ4v) is 3.36. The molecule has 1 aromatic carbocycles. The average Bonchev–Trinajstić information content (AvgIpc) is 3.27. The SMILES string of the molecule is CCCc1ccc(C(=O)COC(=O)C2CCN(C(=O)c3ccco3)CC2)cc1. The van der Waals surface area contributed by atoms with Crippen LogP contribution in [0.4, 0.5) is 0 Å². The van der Waals surface area contributed by atoms with Gasteiger partial charge in [-0.15, -0.1) is 0 Å². The predicted octanol–water partition coefficient (Wildman–Crippen LogP) is 3.51. The molecule has 1 aliphatic heterocycles. The number of piperidine rings is 1. The second-order valence-electron chi connectivity index (χ2n) is 7.02. The molecule has 28 heavy (non-hydrogen) atoms. The molecule has 1 saturated heterocycles. The number of carbonyl (C=O) groups is 3. The summed E-state index contributed by atoms with van der Waals surface area (Å²) < 4.78 is 10.4. The number of likely N-dealkylation sites (tertiary alicyclic amines) is 1. The Labute approximate surface area is 164 Å². The van der Waals surface area contributed by atoms with Crippen molar-refractivity contribution in [3.05, 3.63) is 59.5 Å². The molecule has 1 fully saturated rings. The number of hydrogen-bond donors (Lipinski definition) is 0. The molecule has 0 saturated carbocycles. The zero-order valence-corrected chi connectivity index (χ0v) is 16.1. The summed E-state index contributed by atoms with van der Waals surface area (Å²) in [5.74, 6) is -0.738. The second-order valence-corrected chi connectivity index (χ2v) is 7.02. The van der Waals surface area contributed by atoms with Crippen LogP contribution in [0.5, 0.6) is 0 Å². The second kappa shape index (κ2) is 9.35. The number of amides is 1. The number of hydrogen-bond acceptors (Lipinski definition) is 5. The Morgan fingerprint density at radius 1 is 1.11 bits per heavy atom. The molecule has 2 heterocycles. The van der Waals surface area contributed by atoms with E-state index >= 15 is 0 Å². The van der Waals surface area contributed by atoms with Gasteiger partial charge in [-0.25, -0.2) is 0 Å². The summed E-state index contributed by atoms with van der Waals surface area (Å²) in [7, 11) is 0. The molecule has 0 bridgehead atoms. The number of aryl methyl sites for hydroxylation is 1. The van der Waals surface area contributed by atoms with E-state index in [1.807, 2.05) is 12.1 Å². The summed E-state index contributed by atoms with van der Waals surface area (Å²) in [5.41, 5.74) is 1.73. The van der Waals surface area contributed by atoms with E-state index in [0.29, 0.717) is 37.3 Å². The Morgan fingerprint density at radius 3 is 2.43 bits per heavy atom. The number of carbonyl (C=O) groups excluding carboxylic acids is 3. The van der Waals surface area contributed by atoms with Crippen LogP contribution in [0.1, 0.15) is 52.7 Å². The molecule has 0 spiro atoms. The van der Waals surface area contributed by atoms with Crippen LogP contribution in [0.15, 0.2) is 47.1 Å². The van der Waals surface area contributed by atoms with E-state index in [1.54, 1.807) is 29.2 Å². The third-order valence-electron chi connectivity index (χ3n) is 5.01. The van der Waals surface area contributed by atoms with E-state index in [2.05, 4.69) is 6.92 Å². The lowest BCUT2D eigenvalue weighted by Gasteiger charge is -2.30. The van der Waals surface area contributed by atoms with E-state index in [4.69, 9.17) is 9.15 Å². The molecule has 0 radical (unpaired) electrons. The number of esters is 1. The maximum absolute atomic E-state index is 12.3. The molecule has 0 atom stereocenters. The smallest absolute Gasteiger partial charge is 0.309 e. The normalized spacial score (nSPS) is 14.7. The van der Waals surface area contributed by atoms with Crippen molar-refractivity contribution in [2.45, 2.75) is 32.6 Å². The summed E-state index contributed by atoms with van der Waals surface area (Å²) in [6, 6.07) is 10.7. The van der Waals surface area contributed by atoms with Crippen molar-refractivity contribution in [3.63, 3.8) is 0 Å². The van der Waals surface area contributed by atoms with Gasteiger partial charge in [0.1, 0.15) is 0 Å². The van der Waals surface area contributed by atoms with E-state index in [-0.39, 0.29) is 30.2 Å². The first-order valence-electron chi connectivity index (χ1n) is 9.70. The van der Waals surface area contributed by atoms with Gasteiger partial charge in [-0.1, -0.05) is 37.6 Å². The van der Waals surface area contributed by atoms with Crippen LogP contribution in [0.2, 0.25) is 0 Å². The van der Waals surface area contributed by atoms with E-state index < -0.39 is 0 Å². The van der Waals surface area contributed by atoms with E-state index in [9.17, 15) is 14.4 Å². The molecular weight excluding hydrogens is 358 g/mol. The molecule has 1 aromatic heterocycles. The first-order chi connectivity index (χ1) is 13.6. The number of rotatable bonds is 7. The fourth-order valence-electron chi connectivity index (χ4n) is 3.36. The Hall–Kier alpha value is -2.89. The number of ketones is 1. The van der Waals surface area contributed by atoms with Crippen LogP contribution in [0, 0.1) is 5.92 Å². The number of nitrogens with zero attached hydrogens (tertiary/aromatic N) is 1. The Bertz CT molecular complexity index is 802. The van der Waals surface area contributed by atoms with Gasteiger partial charge >= 0.3 is 5.97 Å². The van der Waals surface area contributed by atoms with Gasteiger partial charge in [0, 0.05) is 18.7 Å². The van der Waals surface area contributed by atoms with Gasteiger partial charge in [0.15, 0.2) is 18.2 Å². The molecule has 6 heteroatoms. The molecule has 6 nitrogen and oxygen atoms in total. The molecule has 1 aliphatic rings. The highest BCUT2D eigenvalue weighted by Crippen LogP contribution is 2.20. The highest BCUT2D eigenvalue weighted by atomic mass is 16.5. The highest BCUT2D eigenvalue weighted by Gasteiger charge is 2.30. The number of ether oxygens (including phenoxy) is 1. The lowest BCUT2D eigenvalue weighted by molar-refractivity contribution is -0.148. The summed E-state index contributed by atoms with van der Waals surface area (Å²) >= 11 is 0. The summed E-state index contributed by atoms with van der Waals surface area (Å²) in [5, 5.41) is 0. The molecular formula is C22H25NO5. The van der Waals surface area contributed by atoms with Crippen molar-refractivity contribution < 1.29 is 23.5 Å². The van der Waals surface area contributed by atoms with E-state index in [0.717, 1.165) is 12.8 Å². The minimum atomic E-state index is -0.374. The first kappa shape index (κ1) is 19.9. The highest BCUT2D eigenvalue weighted by molar-refractivity contribution is 5.98. The molecule has 2 aromatic rings. The number of Topliss-reactive ketones (excluding diaryl/α,β-unsaturated/α-hetero) is 1. The van der Waals surface area contributed by atoms with Crippen LogP contribution in [0.25, 0.3) is 0 Å². The fraction of sp³-hybridized carbons (Fsp3) is 0.409. The third kappa shape index (κ3) is 4.88. The standard InChI is InChI=1S/C22H25NO5/c1-2-4-16-6-8-17(9-7-16)19(24)15-28-22(26)18-10-12-23(13-11-18)21(25)20-5-3-14-27-20/h3,5-9,14,18H,2,4,10-13,15H2,1H3. The van der Waals surface area contributed by atoms with Crippen molar-refractivity contribution >= 4 is 17.7 Å². The van der Waals surface area contributed by atoms with Gasteiger partial charge in [0.05, 0.1) is 12.2 Å². The summed E-state index contributed by atoms with van der Waals surface area (Å²) in [6.45, 7) is 2.78. The molecule has 3 rings (SSSR count). The minimum Gasteiger partial charge on any atom is -0.459 e. The van der Waals surface area contributed by atoms with Crippen LogP contribution in [0.3, 0.4) is 0 Å². The number of furan rings is 1. The predicted molar refractivity (Wildman–Crippen MR) is 103 cm³/mol. The van der Waals surface area contributed by atoms with Gasteiger partial charge < -0.3 is 14.1 Å². The summed E-state index contributed by atoms with van der Waals surface area (Å²) in [4.78, 5) is 38.4.